The minimum atomic E-state index is -0.278. The van der Waals surface area contributed by atoms with Gasteiger partial charge in [0.1, 0.15) is 5.82 Å². The first-order chi connectivity index (χ1) is 10.6. The molecule has 0 aliphatic carbocycles. The smallest absolute Gasteiger partial charge is 0.409 e. The number of rotatable bonds is 4. The molecule has 1 saturated heterocycles. The summed E-state index contributed by atoms with van der Waals surface area (Å²) < 4.78 is 18.9. The molecule has 6 heteroatoms. The molecule has 1 aromatic heterocycles. The molecule has 2 rings (SSSR count). The number of hydrogen-bond donors (Lipinski definition) is 0. The van der Waals surface area contributed by atoms with Crippen LogP contribution in [0.5, 0.6) is 0 Å². The molecule has 22 heavy (non-hydrogen) atoms. The molecular formula is C16H24FN3O2. The van der Waals surface area contributed by atoms with Gasteiger partial charge < -0.3 is 9.64 Å². The second-order valence-electron chi connectivity index (χ2n) is 6.05. The fourth-order valence-corrected chi connectivity index (χ4v) is 2.41. The van der Waals surface area contributed by atoms with Crippen molar-refractivity contribution in [2.24, 2.45) is 5.92 Å². The van der Waals surface area contributed by atoms with Crippen molar-refractivity contribution in [3.63, 3.8) is 0 Å². The number of hydrogen-bond acceptors (Lipinski definition) is 4. The van der Waals surface area contributed by atoms with Gasteiger partial charge in [0, 0.05) is 44.5 Å². The standard InChI is InChI=1S/C16H24FN3O2/c1-13(2)12-22-16(21)20-7-3-6-19(8-9-20)11-14-4-5-18-10-15(14)17/h4-5,10,13H,3,6-9,11-12H2,1-2H3. The Morgan fingerprint density at radius 1 is 1.36 bits per heavy atom. The summed E-state index contributed by atoms with van der Waals surface area (Å²) in [6.07, 6.45) is 3.46. The van der Waals surface area contributed by atoms with Crippen LogP contribution in [0.3, 0.4) is 0 Å². The first kappa shape index (κ1) is 16.7. The summed E-state index contributed by atoms with van der Waals surface area (Å²) in [5, 5.41) is 0. The van der Waals surface area contributed by atoms with Crippen LogP contribution in [0, 0.1) is 11.7 Å². The van der Waals surface area contributed by atoms with E-state index >= 15 is 0 Å². The maximum atomic E-state index is 13.7. The summed E-state index contributed by atoms with van der Waals surface area (Å²) in [7, 11) is 0. The maximum Gasteiger partial charge on any atom is 0.409 e. The highest BCUT2D eigenvalue weighted by Crippen LogP contribution is 2.12. The molecule has 122 valence electrons. The van der Waals surface area contributed by atoms with Crippen LogP contribution in [-0.2, 0) is 11.3 Å². The van der Waals surface area contributed by atoms with Gasteiger partial charge in [-0.1, -0.05) is 13.8 Å². The third-order valence-electron chi connectivity index (χ3n) is 3.64. The molecular weight excluding hydrogens is 285 g/mol. The number of ether oxygens (including phenoxy) is 1. The van der Waals surface area contributed by atoms with Crippen LogP contribution >= 0.6 is 0 Å². The van der Waals surface area contributed by atoms with Crippen molar-refractivity contribution in [3.05, 3.63) is 29.8 Å². The van der Waals surface area contributed by atoms with Gasteiger partial charge in [0.15, 0.2) is 0 Å². The first-order valence-electron chi connectivity index (χ1n) is 7.78. The second-order valence-corrected chi connectivity index (χ2v) is 6.05. The summed E-state index contributed by atoms with van der Waals surface area (Å²) in [5.74, 6) is 0.0574. The first-order valence-corrected chi connectivity index (χ1v) is 7.78. The molecule has 5 nitrogen and oxygen atoms in total. The van der Waals surface area contributed by atoms with E-state index in [1.165, 1.54) is 6.20 Å². The second kappa shape index (κ2) is 8.08. The fourth-order valence-electron chi connectivity index (χ4n) is 2.41. The van der Waals surface area contributed by atoms with E-state index in [9.17, 15) is 9.18 Å². The molecule has 0 saturated carbocycles. The Morgan fingerprint density at radius 2 is 2.18 bits per heavy atom. The summed E-state index contributed by atoms with van der Waals surface area (Å²) in [4.78, 5) is 19.7. The molecule has 0 radical (unpaired) electrons. The number of nitrogens with zero attached hydrogens (tertiary/aromatic N) is 3. The van der Waals surface area contributed by atoms with E-state index in [0.29, 0.717) is 37.7 Å². The van der Waals surface area contributed by atoms with Gasteiger partial charge in [-0.15, -0.1) is 0 Å². The Hall–Kier alpha value is -1.69. The van der Waals surface area contributed by atoms with Gasteiger partial charge >= 0.3 is 6.09 Å². The van der Waals surface area contributed by atoms with Crippen molar-refractivity contribution < 1.29 is 13.9 Å². The molecule has 0 N–H and O–H groups in total. The van der Waals surface area contributed by atoms with Crippen molar-refractivity contribution >= 4 is 6.09 Å². The molecule has 1 aliphatic rings. The van der Waals surface area contributed by atoms with Gasteiger partial charge in [0.05, 0.1) is 12.8 Å². The summed E-state index contributed by atoms with van der Waals surface area (Å²) >= 11 is 0. The zero-order valence-corrected chi connectivity index (χ0v) is 13.3. The highest BCUT2D eigenvalue weighted by molar-refractivity contribution is 5.67. The monoisotopic (exact) mass is 309 g/mol. The third-order valence-corrected chi connectivity index (χ3v) is 3.64. The molecule has 0 atom stereocenters. The minimum Gasteiger partial charge on any atom is -0.449 e. The zero-order chi connectivity index (χ0) is 15.9. The quantitative estimate of drug-likeness (QED) is 0.857. The van der Waals surface area contributed by atoms with Gasteiger partial charge in [-0.25, -0.2) is 9.18 Å². The van der Waals surface area contributed by atoms with Crippen molar-refractivity contribution in [3.8, 4) is 0 Å². The largest absolute Gasteiger partial charge is 0.449 e. The fraction of sp³-hybridized carbons (Fsp3) is 0.625. The van der Waals surface area contributed by atoms with E-state index in [1.807, 2.05) is 13.8 Å². The average Bonchev–Trinajstić information content (AvgIpc) is 2.73. The Balaban J connectivity index is 1.84. The molecule has 0 spiro atoms. The van der Waals surface area contributed by atoms with Gasteiger partial charge in [-0.05, 0) is 18.4 Å². The van der Waals surface area contributed by atoms with Crippen molar-refractivity contribution in [2.75, 3.05) is 32.8 Å². The van der Waals surface area contributed by atoms with Crippen molar-refractivity contribution in [1.29, 1.82) is 0 Å². The lowest BCUT2D eigenvalue weighted by atomic mass is 10.2. The Morgan fingerprint density at radius 3 is 2.91 bits per heavy atom. The lowest BCUT2D eigenvalue weighted by Gasteiger charge is -2.22. The molecule has 1 aromatic rings. The third kappa shape index (κ3) is 4.94. The van der Waals surface area contributed by atoms with Crippen molar-refractivity contribution in [1.82, 2.24) is 14.8 Å². The Kier molecular flexibility index (Phi) is 6.12. The molecule has 0 aromatic carbocycles. The number of carbonyl (C=O) groups excluding carboxylic acids is 1. The number of halogens is 1. The number of carbonyl (C=O) groups is 1. The summed E-state index contributed by atoms with van der Waals surface area (Å²) in [5.41, 5.74) is 0.644. The van der Waals surface area contributed by atoms with Gasteiger partial charge in [-0.3, -0.25) is 9.88 Å². The molecule has 2 heterocycles. The number of aromatic nitrogens is 1. The SMILES string of the molecule is CC(C)COC(=O)N1CCCN(Cc2ccncc2F)CC1. The van der Waals surface area contributed by atoms with Crippen LogP contribution in [-0.4, -0.2) is 53.7 Å². The van der Waals surface area contributed by atoms with Gasteiger partial charge in [-0.2, -0.15) is 0 Å². The predicted octanol–water partition coefficient (Wildman–Crippen LogP) is 2.52. The lowest BCUT2D eigenvalue weighted by molar-refractivity contribution is 0.0930. The van der Waals surface area contributed by atoms with Crippen LogP contribution in [0.15, 0.2) is 18.5 Å². The Labute approximate surface area is 131 Å². The van der Waals surface area contributed by atoms with E-state index in [2.05, 4.69) is 9.88 Å². The Bertz CT molecular complexity index is 496. The highest BCUT2D eigenvalue weighted by atomic mass is 19.1. The molecule has 1 amide bonds. The predicted molar refractivity (Wildman–Crippen MR) is 81.8 cm³/mol. The summed E-state index contributed by atoms with van der Waals surface area (Å²) in [6, 6.07) is 1.70. The van der Waals surface area contributed by atoms with E-state index in [-0.39, 0.29) is 11.9 Å². The van der Waals surface area contributed by atoms with Crippen LogP contribution in [0.25, 0.3) is 0 Å². The highest BCUT2D eigenvalue weighted by Gasteiger charge is 2.21. The molecule has 1 fully saturated rings. The van der Waals surface area contributed by atoms with Crippen LogP contribution in [0.4, 0.5) is 9.18 Å². The van der Waals surface area contributed by atoms with Gasteiger partial charge in [0.25, 0.3) is 0 Å². The van der Waals surface area contributed by atoms with Crippen LogP contribution in [0.1, 0.15) is 25.8 Å². The topological polar surface area (TPSA) is 45.7 Å². The number of amides is 1. The number of pyridine rings is 1. The zero-order valence-electron chi connectivity index (χ0n) is 13.3. The van der Waals surface area contributed by atoms with E-state index < -0.39 is 0 Å². The lowest BCUT2D eigenvalue weighted by Crippen LogP contribution is -2.36. The van der Waals surface area contributed by atoms with Crippen LogP contribution < -0.4 is 0 Å². The van der Waals surface area contributed by atoms with Gasteiger partial charge in [0.2, 0.25) is 0 Å². The van der Waals surface area contributed by atoms with E-state index in [1.54, 1.807) is 17.2 Å². The van der Waals surface area contributed by atoms with E-state index in [0.717, 1.165) is 19.5 Å². The maximum absolute atomic E-state index is 13.7. The van der Waals surface area contributed by atoms with Crippen LogP contribution in [0.2, 0.25) is 0 Å². The molecule has 0 bridgehead atoms. The molecule has 1 aliphatic heterocycles. The molecule has 0 unspecified atom stereocenters. The van der Waals surface area contributed by atoms with Crippen molar-refractivity contribution in [2.45, 2.75) is 26.8 Å². The van der Waals surface area contributed by atoms with E-state index in [4.69, 9.17) is 4.74 Å². The summed E-state index contributed by atoms with van der Waals surface area (Å²) in [6.45, 7) is 7.88. The average molecular weight is 309 g/mol. The minimum absolute atomic E-state index is 0.245. The normalized spacial score (nSPS) is 16.6.